The Morgan fingerprint density at radius 2 is 1.91 bits per heavy atom. The van der Waals surface area contributed by atoms with Crippen molar-refractivity contribution in [3.63, 3.8) is 0 Å². The van der Waals surface area contributed by atoms with E-state index in [9.17, 15) is 29.4 Å². The molecule has 184 valence electrons. The fourth-order valence-electron chi connectivity index (χ4n) is 4.13. The van der Waals surface area contributed by atoms with Gasteiger partial charge in [-0.25, -0.2) is 4.79 Å². The number of amides is 3. The molecule has 1 fully saturated rings. The summed E-state index contributed by atoms with van der Waals surface area (Å²) in [4.78, 5) is 54.3. The highest BCUT2D eigenvalue weighted by molar-refractivity contribution is 5.94. The number of aliphatic hydroxyl groups is 1. The summed E-state index contributed by atoms with van der Waals surface area (Å²) < 4.78 is 0. The quantitative estimate of drug-likeness (QED) is 0.284. The average molecular weight is 474 g/mol. The largest absolute Gasteiger partial charge is 0.480 e. The third-order valence-electron chi connectivity index (χ3n) is 6.10. The molecule has 3 amide bonds. The molecule has 1 saturated heterocycles. The predicted octanol–water partition coefficient (Wildman–Crippen LogP) is -0.516. The number of rotatable bonds is 9. The van der Waals surface area contributed by atoms with Crippen LogP contribution in [-0.2, 0) is 25.6 Å². The maximum Gasteiger partial charge on any atom is 0.326 e. The Bertz CT molecular complexity index is 1070. The Balaban J connectivity index is 1.66. The van der Waals surface area contributed by atoms with Crippen molar-refractivity contribution in [3.05, 3.63) is 36.0 Å². The molecule has 2 heterocycles. The van der Waals surface area contributed by atoms with Gasteiger partial charge < -0.3 is 36.5 Å². The zero-order chi connectivity index (χ0) is 25.0. The number of carboxylic acid groups (broad SMARTS) is 1. The maximum absolute atomic E-state index is 13.0. The number of likely N-dealkylation sites (tertiary alicyclic amines) is 1. The van der Waals surface area contributed by atoms with Crippen molar-refractivity contribution >= 4 is 34.6 Å². The normalized spacial score (nSPS) is 19.3. The molecule has 2 aromatic rings. The van der Waals surface area contributed by atoms with E-state index in [4.69, 9.17) is 5.73 Å². The molecule has 1 aliphatic rings. The van der Waals surface area contributed by atoms with Crippen molar-refractivity contribution in [2.24, 2.45) is 5.73 Å². The summed E-state index contributed by atoms with van der Waals surface area (Å²) in [5.41, 5.74) is 7.23. The highest BCUT2D eigenvalue weighted by atomic mass is 16.4. The molecule has 5 unspecified atom stereocenters. The zero-order valence-electron chi connectivity index (χ0n) is 19.2. The van der Waals surface area contributed by atoms with E-state index in [2.05, 4.69) is 15.6 Å². The van der Waals surface area contributed by atoms with Gasteiger partial charge in [0.05, 0.1) is 6.10 Å². The van der Waals surface area contributed by atoms with Crippen molar-refractivity contribution in [3.8, 4) is 0 Å². The molecule has 34 heavy (non-hydrogen) atoms. The molecule has 1 aromatic heterocycles. The number of aromatic nitrogens is 1. The number of hydrogen-bond acceptors (Lipinski definition) is 6. The molecule has 11 nitrogen and oxygen atoms in total. The standard InChI is InChI=1S/C23H31N5O6/c1-12(26-21(31)19(24)13(2)29)22(32)28-9-5-8-18(28)20(30)27-17(23(33)34)10-14-11-25-16-7-4-3-6-15(14)16/h3-4,6-7,11-13,17-19,25,29H,5,8-10,24H2,1-2H3,(H,26,31)(H,27,30)(H,33,34). The summed E-state index contributed by atoms with van der Waals surface area (Å²) >= 11 is 0. The molecule has 1 aliphatic heterocycles. The first kappa shape index (κ1) is 25.2. The van der Waals surface area contributed by atoms with E-state index in [1.54, 1.807) is 6.20 Å². The minimum atomic E-state index is -1.19. The number of aromatic amines is 1. The van der Waals surface area contributed by atoms with Crippen LogP contribution in [0.1, 0.15) is 32.3 Å². The molecule has 5 atom stereocenters. The molecule has 0 bridgehead atoms. The lowest BCUT2D eigenvalue weighted by Crippen LogP contribution is -2.57. The van der Waals surface area contributed by atoms with Gasteiger partial charge in [-0.15, -0.1) is 0 Å². The van der Waals surface area contributed by atoms with Gasteiger partial charge >= 0.3 is 5.97 Å². The second kappa shape index (κ2) is 10.7. The van der Waals surface area contributed by atoms with E-state index in [-0.39, 0.29) is 6.42 Å². The minimum absolute atomic E-state index is 0.0788. The van der Waals surface area contributed by atoms with Crippen LogP contribution in [0.15, 0.2) is 30.5 Å². The first-order chi connectivity index (χ1) is 16.1. The SMILES string of the molecule is CC(NC(=O)C(N)C(C)O)C(=O)N1CCCC1C(=O)NC(Cc1c[nH]c2ccccc12)C(=O)O. The van der Waals surface area contributed by atoms with Crippen LogP contribution >= 0.6 is 0 Å². The van der Waals surface area contributed by atoms with Crippen molar-refractivity contribution in [2.75, 3.05) is 6.54 Å². The number of hydrogen-bond donors (Lipinski definition) is 6. The number of H-pyrrole nitrogens is 1. The Kier molecular flexibility index (Phi) is 7.90. The van der Waals surface area contributed by atoms with Crippen LogP contribution in [0.3, 0.4) is 0 Å². The Hall–Kier alpha value is -3.44. The lowest BCUT2D eigenvalue weighted by Gasteiger charge is -2.28. The molecule has 0 spiro atoms. The number of benzene rings is 1. The predicted molar refractivity (Wildman–Crippen MR) is 124 cm³/mol. The molecular weight excluding hydrogens is 442 g/mol. The van der Waals surface area contributed by atoms with Gasteiger partial charge in [-0.3, -0.25) is 14.4 Å². The van der Waals surface area contributed by atoms with Gasteiger partial charge in [-0.1, -0.05) is 18.2 Å². The van der Waals surface area contributed by atoms with E-state index < -0.39 is 54.0 Å². The summed E-state index contributed by atoms with van der Waals surface area (Å²) in [7, 11) is 0. The number of nitrogens with one attached hydrogen (secondary N) is 3. The number of carbonyl (C=O) groups excluding carboxylic acids is 3. The fourth-order valence-corrected chi connectivity index (χ4v) is 4.13. The summed E-state index contributed by atoms with van der Waals surface area (Å²) in [6.45, 7) is 3.14. The van der Waals surface area contributed by atoms with Crippen LogP contribution in [-0.4, -0.2) is 80.6 Å². The van der Waals surface area contributed by atoms with E-state index in [0.29, 0.717) is 19.4 Å². The molecule has 7 N–H and O–H groups in total. The van der Waals surface area contributed by atoms with E-state index in [1.165, 1.54) is 18.7 Å². The number of fused-ring (bicyclic) bond motifs is 1. The Morgan fingerprint density at radius 3 is 2.59 bits per heavy atom. The van der Waals surface area contributed by atoms with Gasteiger partial charge in [-0.05, 0) is 38.3 Å². The lowest BCUT2D eigenvalue weighted by molar-refractivity contribution is -0.144. The van der Waals surface area contributed by atoms with Gasteiger partial charge in [0.15, 0.2) is 0 Å². The second-order valence-corrected chi connectivity index (χ2v) is 8.65. The number of aliphatic carboxylic acids is 1. The van der Waals surface area contributed by atoms with Crippen LogP contribution in [0.2, 0.25) is 0 Å². The van der Waals surface area contributed by atoms with Gasteiger partial charge in [0, 0.05) is 30.1 Å². The highest BCUT2D eigenvalue weighted by Gasteiger charge is 2.38. The number of carboxylic acids is 1. The van der Waals surface area contributed by atoms with Gasteiger partial charge in [0.1, 0.15) is 24.2 Å². The molecule has 0 saturated carbocycles. The average Bonchev–Trinajstić information content (AvgIpc) is 3.45. The van der Waals surface area contributed by atoms with E-state index >= 15 is 0 Å². The molecule has 11 heteroatoms. The van der Waals surface area contributed by atoms with E-state index in [0.717, 1.165) is 16.5 Å². The van der Waals surface area contributed by atoms with Crippen molar-refractivity contribution in [1.29, 1.82) is 0 Å². The first-order valence-corrected chi connectivity index (χ1v) is 11.2. The second-order valence-electron chi connectivity index (χ2n) is 8.65. The molecule has 3 rings (SSSR count). The molecule has 0 radical (unpaired) electrons. The number of nitrogens with two attached hydrogens (primary N) is 1. The molecule has 1 aromatic carbocycles. The fraction of sp³-hybridized carbons (Fsp3) is 0.478. The van der Waals surface area contributed by atoms with Crippen LogP contribution < -0.4 is 16.4 Å². The summed E-state index contributed by atoms with van der Waals surface area (Å²) in [5, 5.41) is 25.1. The van der Waals surface area contributed by atoms with Crippen LogP contribution in [0.4, 0.5) is 0 Å². The third-order valence-corrected chi connectivity index (χ3v) is 6.10. The Labute approximate surface area is 196 Å². The van der Waals surface area contributed by atoms with Crippen LogP contribution in [0.5, 0.6) is 0 Å². The van der Waals surface area contributed by atoms with Crippen molar-refractivity contribution in [1.82, 2.24) is 20.5 Å². The van der Waals surface area contributed by atoms with Crippen molar-refractivity contribution < 1.29 is 29.4 Å². The maximum atomic E-state index is 13.0. The molecular formula is C23H31N5O6. The number of carbonyl (C=O) groups is 4. The topological polar surface area (TPSA) is 178 Å². The summed E-state index contributed by atoms with van der Waals surface area (Å²) in [6, 6.07) is 3.30. The zero-order valence-corrected chi connectivity index (χ0v) is 19.2. The van der Waals surface area contributed by atoms with Gasteiger partial charge in [0.2, 0.25) is 17.7 Å². The first-order valence-electron chi connectivity index (χ1n) is 11.2. The van der Waals surface area contributed by atoms with Crippen molar-refractivity contribution in [2.45, 2.75) is 63.4 Å². The number of nitrogens with zero attached hydrogens (tertiary/aromatic N) is 1. The Morgan fingerprint density at radius 1 is 1.21 bits per heavy atom. The number of para-hydroxylation sites is 1. The number of aliphatic hydroxyl groups excluding tert-OH is 1. The lowest BCUT2D eigenvalue weighted by atomic mass is 10.0. The molecule has 0 aliphatic carbocycles. The highest BCUT2D eigenvalue weighted by Crippen LogP contribution is 2.21. The monoisotopic (exact) mass is 473 g/mol. The van der Waals surface area contributed by atoms with Crippen LogP contribution in [0, 0.1) is 0 Å². The summed E-state index contributed by atoms with van der Waals surface area (Å²) in [5.74, 6) is -2.90. The smallest absolute Gasteiger partial charge is 0.326 e. The summed E-state index contributed by atoms with van der Waals surface area (Å²) in [6.07, 6.45) is 1.66. The van der Waals surface area contributed by atoms with Gasteiger partial charge in [0.25, 0.3) is 0 Å². The van der Waals surface area contributed by atoms with E-state index in [1.807, 2.05) is 24.3 Å². The third kappa shape index (κ3) is 5.54. The van der Waals surface area contributed by atoms with Gasteiger partial charge in [-0.2, -0.15) is 0 Å². The minimum Gasteiger partial charge on any atom is -0.480 e. The van der Waals surface area contributed by atoms with Crippen LogP contribution in [0.25, 0.3) is 10.9 Å².